The molecule has 0 saturated carbocycles. The van der Waals surface area contributed by atoms with E-state index >= 15 is 0 Å². The molecule has 4 heterocycles. The summed E-state index contributed by atoms with van der Waals surface area (Å²) in [6.07, 6.45) is 1.75. The molecule has 2 aromatic carbocycles. The Balaban J connectivity index is 1.59. The highest BCUT2D eigenvalue weighted by Crippen LogP contribution is 2.46. The number of methoxy groups -OCH3 is 2. The number of Topliss-reactive ketones (excluding diaryl/α,β-unsaturated/α-hetero) is 1. The topological polar surface area (TPSA) is 115 Å². The van der Waals surface area contributed by atoms with Crippen LogP contribution in [0, 0.1) is 6.92 Å². The number of aromatic nitrogens is 3. The van der Waals surface area contributed by atoms with Crippen molar-refractivity contribution in [3.05, 3.63) is 83.3 Å². The van der Waals surface area contributed by atoms with Gasteiger partial charge in [0.25, 0.3) is 5.78 Å². The van der Waals surface area contributed by atoms with Gasteiger partial charge in [0.05, 0.1) is 48.4 Å². The molecule has 208 valence electrons. The van der Waals surface area contributed by atoms with Gasteiger partial charge >= 0.3 is 5.91 Å². The van der Waals surface area contributed by atoms with Crippen LogP contribution >= 0.6 is 11.3 Å². The SMILES string of the molecule is CCOc1ccc2nc(N3C(=O)C(=O)C(=C(O)c4c(C)nc5ccccn45)C3c3ccc(OC)c(OC)c3)sc2c1. The normalized spacial score (nSPS) is 16.6. The zero-order chi connectivity index (χ0) is 28.8. The molecule has 1 aliphatic heterocycles. The Kier molecular flexibility index (Phi) is 6.58. The third-order valence-corrected chi connectivity index (χ3v) is 7.98. The highest BCUT2D eigenvalue weighted by atomic mass is 32.1. The van der Waals surface area contributed by atoms with Crippen molar-refractivity contribution < 1.29 is 28.9 Å². The molecular formula is C30H26N4O6S. The summed E-state index contributed by atoms with van der Waals surface area (Å²) in [5.74, 6) is -0.399. The predicted octanol–water partition coefficient (Wildman–Crippen LogP) is 5.29. The number of amides is 1. The van der Waals surface area contributed by atoms with Crippen LogP contribution in [0.3, 0.4) is 0 Å². The summed E-state index contributed by atoms with van der Waals surface area (Å²) >= 11 is 1.26. The van der Waals surface area contributed by atoms with E-state index in [1.54, 1.807) is 47.9 Å². The number of aliphatic hydroxyl groups excluding tert-OH is 1. The minimum atomic E-state index is -1.00. The van der Waals surface area contributed by atoms with Crippen molar-refractivity contribution in [1.29, 1.82) is 0 Å². The molecule has 1 aliphatic rings. The number of aryl methyl sites for hydroxylation is 1. The van der Waals surface area contributed by atoms with Crippen LogP contribution in [-0.4, -0.2) is 52.0 Å². The highest BCUT2D eigenvalue weighted by molar-refractivity contribution is 7.22. The fourth-order valence-corrected chi connectivity index (χ4v) is 6.17. The quantitative estimate of drug-likeness (QED) is 0.159. The number of pyridine rings is 1. The maximum Gasteiger partial charge on any atom is 0.301 e. The number of carbonyl (C=O) groups excluding carboxylic acids is 2. The first-order valence-electron chi connectivity index (χ1n) is 12.9. The molecule has 0 spiro atoms. The van der Waals surface area contributed by atoms with Crippen molar-refractivity contribution >= 4 is 49.8 Å². The second kappa shape index (κ2) is 10.3. The van der Waals surface area contributed by atoms with Gasteiger partial charge in [0, 0.05) is 6.20 Å². The molecule has 0 aliphatic carbocycles. The Labute approximate surface area is 239 Å². The van der Waals surface area contributed by atoms with Crippen LogP contribution in [-0.2, 0) is 9.59 Å². The highest BCUT2D eigenvalue weighted by Gasteiger charge is 2.49. The number of rotatable bonds is 7. The van der Waals surface area contributed by atoms with E-state index in [1.165, 1.54) is 30.5 Å². The summed E-state index contributed by atoms with van der Waals surface area (Å²) in [6, 6.07) is 15.0. The first kappa shape index (κ1) is 26.3. The summed E-state index contributed by atoms with van der Waals surface area (Å²) < 4.78 is 19.0. The van der Waals surface area contributed by atoms with E-state index in [-0.39, 0.29) is 11.3 Å². The lowest BCUT2D eigenvalue weighted by atomic mass is 9.96. The van der Waals surface area contributed by atoms with E-state index < -0.39 is 17.7 Å². The van der Waals surface area contributed by atoms with Crippen LogP contribution < -0.4 is 19.1 Å². The van der Waals surface area contributed by atoms with E-state index in [2.05, 4.69) is 4.98 Å². The standard InChI is InChI=1S/C30H26N4O6S/c1-5-40-18-10-11-19-22(15-18)41-30(32-19)34-26(17-9-12-20(38-3)21(14-17)39-4)24(28(36)29(34)37)27(35)25-16(2)31-23-8-6-7-13-33(23)25/h6-15,26,35H,5H2,1-4H3. The molecule has 1 saturated heterocycles. The average Bonchev–Trinajstić information content (AvgIpc) is 3.63. The monoisotopic (exact) mass is 570 g/mol. The third kappa shape index (κ3) is 4.25. The van der Waals surface area contributed by atoms with E-state index in [0.717, 1.165) is 4.70 Å². The van der Waals surface area contributed by atoms with Gasteiger partial charge in [-0.25, -0.2) is 9.97 Å². The lowest BCUT2D eigenvalue weighted by molar-refractivity contribution is -0.132. The van der Waals surface area contributed by atoms with Crippen LogP contribution in [0.15, 0.2) is 66.4 Å². The molecule has 3 aromatic heterocycles. The molecule has 1 fully saturated rings. The fourth-order valence-electron chi connectivity index (χ4n) is 5.15. The van der Waals surface area contributed by atoms with Gasteiger partial charge in [-0.15, -0.1) is 0 Å². The Hall–Kier alpha value is -4.90. The zero-order valence-corrected chi connectivity index (χ0v) is 23.6. The summed E-state index contributed by atoms with van der Waals surface area (Å²) in [5.41, 5.74) is 2.54. The number of ketones is 1. The fraction of sp³-hybridized carbons (Fsp3) is 0.200. The molecule has 11 heteroatoms. The summed E-state index contributed by atoms with van der Waals surface area (Å²) in [4.78, 5) is 38.0. The first-order chi connectivity index (χ1) is 19.9. The van der Waals surface area contributed by atoms with Gasteiger partial charge in [0.15, 0.2) is 22.4 Å². The Morgan fingerprint density at radius 2 is 1.83 bits per heavy atom. The molecule has 5 aromatic rings. The van der Waals surface area contributed by atoms with Crippen molar-refractivity contribution in [3.63, 3.8) is 0 Å². The summed E-state index contributed by atoms with van der Waals surface area (Å²) in [5, 5.41) is 12.1. The van der Waals surface area contributed by atoms with Gasteiger partial charge in [-0.3, -0.25) is 18.9 Å². The van der Waals surface area contributed by atoms with Crippen molar-refractivity contribution in [2.75, 3.05) is 25.7 Å². The molecule has 0 radical (unpaired) electrons. The smallest absolute Gasteiger partial charge is 0.301 e. The Morgan fingerprint density at radius 3 is 2.59 bits per heavy atom. The van der Waals surface area contributed by atoms with E-state index in [0.29, 0.717) is 57.1 Å². The number of nitrogens with zero attached hydrogens (tertiary/aromatic N) is 4. The number of aliphatic hydroxyl groups is 1. The molecule has 6 rings (SSSR count). The second-order valence-electron chi connectivity index (χ2n) is 9.32. The van der Waals surface area contributed by atoms with Crippen LogP contribution in [0.2, 0.25) is 0 Å². The molecule has 1 N–H and O–H groups in total. The number of anilines is 1. The largest absolute Gasteiger partial charge is 0.505 e. The number of benzene rings is 2. The minimum Gasteiger partial charge on any atom is -0.505 e. The number of hydrogen-bond acceptors (Lipinski definition) is 9. The predicted molar refractivity (Wildman–Crippen MR) is 155 cm³/mol. The van der Waals surface area contributed by atoms with Crippen LogP contribution in [0.5, 0.6) is 17.2 Å². The van der Waals surface area contributed by atoms with Gasteiger partial charge < -0.3 is 19.3 Å². The van der Waals surface area contributed by atoms with Crippen LogP contribution in [0.25, 0.3) is 21.6 Å². The van der Waals surface area contributed by atoms with Gasteiger partial charge in [-0.1, -0.05) is 23.5 Å². The number of hydrogen-bond donors (Lipinski definition) is 1. The summed E-state index contributed by atoms with van der Waals surface area (Å²) in [7, 11) is 3.03. The molecule has 41 heavy (non-hydrogen) atoms. The van der Waals surface area contributed by atoms with E-state index in [4.69, 9.17) is 19.2 Å². The number of carbonyl (C=O) groups is 2. The van der Waals surface area contributed by atoms with Gasteiger partial charge in [0.1, 0.15) is 17.1 Å². The van der Waals surface area contributed by atoms with E-state index in [9.17, 15) is 14.7 Å². The molecular weight excluding hydrogens is 544 g/mol. The second-order valence-corrected chi connectivity index (χ2v) is 10.3. The maximum absolute atomic E-state index is 13.8. The minimum absolute atomic E-state index is 0.0785. The van der Waals surface area contributed by atoms with Gasteiger partial charge in [-0.2, -0.15) is 0 Å². The van der Waals surface area contributed by atoms with Gasteiger partial charge in [-0.05, 0) is 61.9 Å². The average molecular weight is 571 g/mol. The van der Waals surface area contributed by atoms with Crippen molar-refractivity contribution in [1.82, 2.24) is 14.4 Å². The summed E-state index contributed by atoms with van der Waals surface area (Å²) in [6.45, 7) is 4.15. The number of thiazole rings is 1. The zero-order valence-electron chi connectivity index (χ0n) is 22.7. The molecule has 10 nitrogen and oxygen atoms in total. The molecule has 1 amide bonds. The molecule has 1 unspecified atom stereocenters. The molecule has 0 bridgehead atoms. The maximum atomic E-state index is 13.8. The number of ether oxygens (including phenoxy) is 3. The van der Waals surface area contributed by atoms with Crippen molar-refractivity contribution in [2.24, 2.45) is 0 Å². The van der Waals surface area contributed by atoms with Crippen LogP contribution in [0.1, 0.15) is 29.9 Å². The van der Waals surface area contributed by atoms with Crippen molar-refractivity contribution in [3.8, 4) is 17.2 Å². The Morgan fingerprint density at radius 1 is 1.02 bits per heavy atom. The lowest BCUT2D eigenvalue weighted by Gasteiger charge is -2.23. The van der Waals surface area contributed by atoms with Gasteiger partial charge in [0.2, 0.25) is 0 Å². The molecule has 1 atom stereocenters. The van der Waals surface area contributed by atoms with Crippen molar-refractivity contribution in [2.45, 2.75) is 19.9 Å². The lowest BCUT2D eigenvalue weighted by Crippen LogP contribution is -2.29. The number of fused-ring (bicyclic) bond motifs is 2. The van der Waals surface area contributed by atoms with Crippen LogP contribution in [0.4, 0.5) is 5.13 Å². The number of imidazole rings is 1. The first-order valence-corrected chi connectivity index (χ1v) is 13.7. The Bertz CT molecular complexity index is 1870. The third-order valence-electron chi connectivity index (χ3n) is 6.96. The van der Waals surface area contributed by atoms with E-state index in [1.807, 2.05) is 31.2 Å².